The highest BCUT2D eigenvalue weighted by Crippen LogP contribution is 2.22. The molecule has 0 saturated heterocycles. The van der Waals surface area contributed by atoms with Crippen LogP contribution in [0.1, 0.15) is 5.56 Å². The molecular formula is C16H12Br2ClN5. The van der Waals surface area contributed by atoms with Gasteiger partial charge in [0, 0.05) is 28.6 Å². The quantitative estimate of drug-likeness (QED) is 0.424. The second-order valence-corrected chi connectivity index (χ2v) is 6.95. The second-order valence-electron chi connectivity index (χ2n) is 4.87. The smallest absolute Gasteiger partial charge is 0.124 e. The van der Waals surface area contributed by atoms with E-state index in [4.69, 9.17) is 11.6 Å². The molecule has 8 heteroatoms. The van der Waals surface area contributed by atoms with Gasteiger partial charge < -0.3 is 4.57 Å². The Bertz CT molecular complexity index is 878. The normalized spacial score (nSPS) is 11.5. The number of hydrogen-bond donors (Lipinski definition) is 1. The highest BCUT2D eigenvalue weighted by atomic mass is 79.9. The number of benzene rings is 1. The molecule has 0 radical (unpaired) electrons. The predicted octanol–water partition coefficient (Wildman–Crippen LogP) is 4.97. The number of rotatable bonds is 5. The Morgan fingerprint density at radius 1 is 1.25 bits per heavy atom. The highest BCUT2D eigenvalue weighted by Gasteiger charge is 2.10. The van der Waals surface area contributed by atoms with Crippen LogP contribution in [0.25, 0.3) is 0 Å². The first-order valence-electron chi connectivity index (χ1n) is 6.98. The van der Waals surface area contributed by atoms with Gasteiger partial charge >= 0.3 is 0 Å². The van der Waals surface area contributed by atoms with Gasteiger partial charge in [0.25, 0.3) is 0 Å². The molecule has 0 spiro atoms. The lowest BCUT2D eigenvalue weighted by Crippen LogP contribution is -2.13. The number of pyridine rings is 1. The lowest BCUT2D eigenvalue weighted by molar-refractivity contribution is 0.847. The van der Waals surface area contributed by atoms with Gasteiger partial charge in [0.05, 0.1) is 29.3 Å². The molecule has 1 aromatic carbocycles. The van der Waals surface area contributed by atoms with Crippen molar-refractivity contribution < 1.29 is 0 Å². The van der Waals surface area contributed by atoms with Crippen molar-refractivity contribution in [3.8, 4) is 0 Å². The number of imidazole rings is 1. The Labute approximate surface area is 161 Å². The topological polar surface area (TPSA) is 55.1 Å². The van der Waals surface area contributed by atoms with Crippen molar-refractivity contribution in [1.29, 1.82) is 0 Å². The van der Waals surface area contributed by atoms with Crippen LogP contribution in [0.4, 0.5) is 5.69 Å². The lowest BCUT2D eigenvalue weighted by Gasteiger charge is -2.11. The van der Waals surface area contributed by atoms with Gasteiger partial charge in [0.2, 0.25) is 0 Å². The average Bonchev–Trinajstić information content (AvgIpc) is 2.98. The van der Waals surface area contributed by atoms with E-state index in [9.17, 15) is 0 Å². The number of nitrogens with zero attached hydrogens (tertiary/aromatic N) is 4. The van der Waals surface area contributed by atoms with Crippen molar-refractivity contribution in [1.82, 2.24) is 14.5 Å². The third kappa shape index (κ3) is 4.23. The van der Waals surface area contributed by atoms with Gasteiger partial charge in [-0.3, -0.25) is 10.4 Å². The molecule has 3 aromatic rings. The number of hydrazone groups is 1. The average molecular weight is 470 g/mol. The Balaban J connectivity index is 1.93. The molecule has 0 aliphatic heterocycles. The minimum Gasteiger partial charge on any atom is -0.330 e. The van der Waals surface area contributed by atoms with Crippen LogP contribution in [0.15, 0.2) is 69.4 Å². The molecule has 1 N–H and O–H groups in total. The van der Waals surface area contributed by atoms with E-state index in [2.05, 4.69) is 52.4 Å². The zero-order chi connectivity index (χ0) is 16.9. The number of anilines is 1. The van der Waals surface area contributed by atoms with Gasteiger partial charge in [-0.05, 0) is 50.1 Å². The second kappa shape index (κ2) is 7.92. The maximum absolute atomic E-state index is 6.18. The first-order valence-corrected chi connectivity index (χ1v) is 8.94. The number of aromatic nitrogens is 3. The third-order valence-corrected chi connectivity index (χ3v) is 4.57. The van der Waals surface area contributed by atoms with E-state index in [1.807, 2.05) is 41.1 Å². The molecule has 2 heterocycles. The highest BCUT2D eigenvalue weighted by molar-refractivity contribution is 9.10. The summed E-state index contributed by atoms with van der Waals surface area (Å²) in [7, 11) is 0. The molecule has 122 valence electrons. The molecule has 0 unspecified atom stereocenters. The summed E-state index contributed by atoms with van der Waals surface area (Å²) in [5.74, 6) is 0. The molecule has 0 amide bonds. The SMILES string of the molecule is Clc1ccccc1NN=C(Cn1cnc(Br)c1)c1ccncc1Br. The summed E-state index contributed by atoms with van der Waals surface area (Å²) in [5.41, 5.74) is 5.53. The Hall–Kier alpha value is -1.70. The van der Waals surface area contributed by atoms with E-state index in [1.54, 1.807) is 18.7 Å². The third-order valence-electron chi connectivity index (χ3n) is 3.20. The molecule has 0 aliphatic carbocycles. The lowest BCUT2D eigenvalue weighted by atomic mass is 10.1. The Morgan fingerprint density at radius 2 is 2.08 bits per heavy atom. The van der Waals surface area contributed by atoms with Crippen molar-refractivity contribution in [3.05, 3.63) is 74.9 Å². The summed E-state index contributed by atoms with van der Waals surface area (Å²) in [4.78, 5) is 8.28. The first-order chi connectivity index (χ1) is 11.6. The van der Waals surface area contributed by atoms with E-state index in [0.717, 1.165) is 26.0 Å². The van der Waals surface area contributed by atoms with Crippen LogP contribution in [0.2, 0.25) is 5.02 Å². The number of halogens is 3. The fraction of sp³-hybridized carbons (Fsp3) is 0.0625. The van der Waals surface area contributed by atoms with Gasteiger partial charge in [-0.1, -0.05) is 23.7 Å². The summed E-state index contributed by atoms with van der Waals surface area (Å²) in [6.45, 7) is 0.540. The molecule has 3 rings (SSSR count). The summed E-state index contributed by atoms with van der Waals surface area (Å²) in [5, 5.41) is 5.16. The van der Waals surface area contributed by atoms with E-state index in [1.165, 1.54) is 0 Å². The Kier molecular flexibility index (Phi) is 5.65. The molecule has 0 bridgehead atoms. The first kappa shape index (κ1) is 17.1. The standard InChI is InChI=1S/C16H12Br2ClN5/c17-12-7-20-6-5-11(12)15(8-24-9-16(18)21-10-24)23-22-14-4-2-1-3-13(14)19/h1-7,9-10,22H,8H2. The van der Waals surface area contributed by atoms with Gasteiger partial charge in [-0.25, -0.2) is 4.98 Å². The van der Waals surface area contributed by atoms with Crippen molar-refractivity contribution in [2.45, 2.75) is 6.54 Å². The minimum absolute atomic E-state index is 0.540. The van der Waals surface area contributed by atoms with Crippen molar-refractivity contribution in [3.63, 3.8) is 0 Å². The van der Waals surface area contributed by atoms with Gasteiger partial charge in [-0.15, -0.1) is 0 Å². The van der Waals surface area contributed by atoms with E-state index in [-0.39, 0.29) is 0 Å². The van der Waals surface area contributed by atoms with Crippen molar-refractivity contribution >= 4 is 54.9 Å². The fourth-order valence-electron chi connectivity index (χ4n) is 2.06. The molecule has 24 heavy (non-hydrogen) atoms. The fourth-order valence-corrected chi connectivity index (χ4v) is 3.07. The number of nitrogens with one attached hydrogen (secondary N) is 1. The van der Waals surface area contributed by atoms with Crippen LogP contribution in [0.5, 0.6) is 0 Å². The molecule has 5 nitrogen and oxygen atoms in total. The summed E-state index contributed by atoms with van der Waals surface area (Å²) in [6, 6.07) is 9.37. The molecule has 0 atom stereocenters. The zero-order valence-electron chi connectivity index (χ0n) is 12.3. The molecular weight excluding hydrogens is 457 g/mol. The number of hydrogen-bond acceptors (Lipinski definition) is 4. The molecule has 0 fully saturated rings. The molecule has 0 aliphatic rings. The maximum Gasteiger partial charge on any atom is 0.124 e. The maximum atomic E-state index is 6.18. The predicted molar refractivity (Wildman–Crippen MR) is 103 cm³/mol. The van der Waals surface area contributed by atoms with Crippen LogP contribution in [0.3, 0.4) is 0 Å². The minimum atomic E-state index is 0.540. The van der Waals surface area contributed by atoms with Crippen LogP contribution in [-0.2, 0) is 6.54 Å². The zero-order valence-corrected chi connectivity index (χ0v) is 16.3. The van der Waals surface area contributed by atoms with Crippen molar-refractivity contribution in [2.75, 3.05) is 5.43 Å². The summed E-state index contributed by atoms with van der Waals surface area (Å²) >= 11 is 13.1. The van der Waals surface area contributed by atoms with Gasteiger partial charge in [0.1, 0.15) is 4.60 Å². The van der Waals surface area contributed by atoms with Crippen LogP contribution in [-0.4, -0.2) is 20.2 Å². The van der Waals surface area contributed by atoms with Crippen molar-refractivity contribution in [2.24, 2.45) is 5.10 Å². The van der Waals surface area contributed by atoms with Crippen LogP contribution < -0.4 is 5.43 Å². The van der Waals surface area contributed by atoms with Gasteiger partial charge in [-0.2, -0.15) is 5.10 Å². The molecule has 2 aromatic heterocycles. The Morgan fingerprint density at radius 3 is 2.79 bits per heavy atom. The summed E-state index contributed by atoms with van der Waals surface area (Å²) in [6.07, 6.45) is 7.10. The molecule has 0 saturated carbocycles. The van der Waals surface area contributed by atoms with E-state index < -0.39 is 0 Å². The van der Waals surface area contributed by atoms with E-state index in [0.29, 0.717) is 11.6 Å². The summed E-state index contributed by atoms with van der Waals surface area (Å²) < 4.78 is 3.57. The van der Waals surface area contributed by atoms with E-state index >= 15 is 0 Å². The largest absolute Gasteiger partial charge is 0.330 e. The van der Waals surface area contributed by atoms with Crippen LogP contribution in [0, 0.1) is 0 Å². The van der Waals surface area contributed by atoms with Crippen LogP contribution >= 0.6 is 43.5 Å². The van der Waals surface area contributed by atoms with Gasteiger partial charge in [0.15, 0.2) is 0 Å². The monoisotopic (exact) mass is 467 g/mol. The number of para-hydroxylation sites is 1.